The number of nitrogens with zero attached hydrogens (tertiary/aromatic N) is 2. The lowest BCUT2D eigenvalue weighted by Gasteiger charge is -2.10. The maximum absolute atomic E-state index is 13.7. The maximum Gasteiger partial charge on any atom is 0.152 e. The van der Waals surface area contributed by atoms with Crippen LogP contribution in [0.4, 0.5) is 10.2 Å². The van der Waals surface area contributed by atoms with E-state index in [1.807, 2.05) is 0 Å². The van der Waals surface area contributed by atoms with E-state index in [1.165, 1.54) is 10.7 Å². The highest BCUT2D eigenvalue weighted by Gasteiger charge is 2.31. The van der Waals surface area contributed by atoms with Crippen molar-refractivity contribution in [3.8, 4) is 11.3 Å². The molecular formula is C13H14FN3O2S. The molecule has 106 valence electrons. The molecule has 1 aromatic heterocycles. The lowest BCUT2D eigenvalue weighted by Crippen LogP contribution is -2.14. The Hall–Kier alpha value is -1.89. The average molecular weight is 295 g/mol. The van der Waals surface area contributed by atoms with Gasteiger partial charge in [-0.3, -0.25) is 0 Å². The highest BCUT2D eigenvalue weighted by Crippen LogP contribution is 2.29. The Labute approximate surface area is 116 Å². The highest BCUT2D eigenvalue weighted by molar-refractivity contribution is 7.91. The molecule has 7 heteroatoms. The molecule has 0 aliphatic carbocycles. The predicted octanol–water partition coefficient (Wildman–Crippen LogP) is 1.63. The summed E-state index contributed by atoms with van der Waals surface area (Å²) in [5.41, 5.74) is 6.66. The summed E-state index contributed by atoms with van der Waals surface area (Å²) in [5, 5.41) is 4.28. The molecule has 5 nitrogen and oxygen atoms in total. The minimum Gasteiger partial charge on any atom is -0.384 e. The van der Waals surface area contributed by atoms with Gasteiger partial charge in [0.2, 0.25) is 0 Å². The van der Waals surface area contributed by atoms with Crippen molar-refractivity contribution < 1.29 is 12.8 Å². The first-order chi connectivity index (χ1) is 9.46. The van der Waals surface area contributed by atoms with Crippen molar-refractivity contribution in [1.82, 2.24) is 9.78 Å². The summed E-state index contributed by atoms with van der Waals surface area (Å²) in [5.74, 6) is 0.156. The number of halogens is 1. The van der Waals surface area contributed by atoms with Crippen molar-refractivity contribution in [2.24, 2.45) is 0 Å². The fourth-order valence-corrected chi connectivity index (χ4v) is 4.16. The Morgan fingerprint density at radius 2 is 2.10 bits per heavy atom. The molecule has 1 saturated heterocycles. The van der Waals surface area contributed by atoms with Gasteiger partial charge in [-0.05, 0) is 18.6 Å². The third-order valence-electron chi connectivity index (χ3n) is 3.47. The minimum absolute atomic E-state index is 0.0373. The van der Waals surface area contributed by atoms with E-state index in [1.54, 1.807) is 24.3 Å². The molecule has 0 saturated carbocycles. The van der Waals surface area contributed by atoms with Gasteiger partial charge >= 0.3 is 0 Å². The minimum atomic E-state index is -3.01. The van der Waals surface area contributed by atoms with E-state index in [0.29, 0.717) is 23.5 Å². The Morgan fingerprint density at radius 1 is 1.35 bits per heavy atom. The van der Waals surface area contributed by atoms with Crippen LogP contribution in [-0.2, 0) is 9.84 Å². The van der Waals surface area contributed by atoms with Gasteiger partial charge in [0.1, 0.15) is 11.6 Å². The van der Waals surface area contributed by atoms with Gasteiger partial charge in [-0.1, -0.05) is 12.1 Å². The van der Waals surface area contributed by atoms with E-state index >= 15 is 0 Å². The molecule has 2 heterocycles. The highest BCUT2D eigenvalue weighted by atomic mass is 32.2. The van der Waals surface area contributed by atoms with Crippen LogP contribution < -0.4 is 5.73 Å². The second kappa shape index (κ2) is 4.59. The summed E-state index contributed by atoms with van der Waals surface area (Å²) in [6.45, 7) is 0. The number of hydrogen-bond acceptors (Lipinski definition) is 4. The first-order valence-electron chi connectivity index (χ1n) is 6.26. The fraction of sp³-hybridized carbons (Fsp3) is 0.308. The number of benzene rings is 1. The summed E-state index contributed by atoms with van der Waals surface area (Å²) < 4.78 is 38.3. The van der Waals surface area contributed by atoms with E-state index in [-0.39, 0.29) is 23.4 Å². The van der Waals surface area contributed by atoms with Crippen LogP contribution in [0.5, 0.6) is 0 Å². The van der Waals surface area contributed by atoms with Gasteiger partial charge in [0.25, 0.3) is 0 Å². The summed E-state index contributed by atoms with van der Waals surface area (Å²) in [6.07, 6.45) is 0.491. The van der Waals surface area contributed by atoms with Gasteiger partial charge < -0.3 is 5.73 Å². The predicted molar refractivity (Wildman–Crippen MR) is 74.3 cm³/mol. The molecule has 1 aliphatic heterocycles. The lowest BCUT2D eigenvalue weighted by molar-refractivity contribution is 0.507. The Morgan fingerprint density at radius 3 is 2.75 bits per heavy atom. The Bertz CT molecular complexity index is 755. The van der Waals surface area contributed by atoms with Crippen LogP contribution in [0.25, 0.3) is 11.3 Å². The summed E-state index contributed by atoms with van der Waals surface area (Å²) >= 11 is 0. The van der Waals surface area contributed by atoms with E-state index in [4.69, 9.17) is 5.73 Å². The molecule has 2 N–H and O–H groups in total. The fourth-order valence-electron chi connectivity index (χ4n) is 2.47. The molecule has 1 aliphatic rings. The van der Waals surface area contributed by atoms with Crippen molar-refractivity contribution >= 4 is 15.7 Å². The number of nitrogen functional groups attached to an aromatic ring is 1. The topological polar surface area (TPSA) is 78.0 Å². The standard InChI is InChI=1S/C13H14FN3O2S/c14-11-4-2-1-3-10(11)12-7-13(15)17(16-12)9-5-6-20(18,19)8-9/h1-4,7,9H,5-6,8,15H2. The van der Waals surface area contributed by atoms with Crippen molar-refractivity contribution in [2.45, 2.75) is 12.5 Å². The van der Waals surface area contributed by atoms with Crippen LogP contribution in [0, 0.1) is 5.82 Å². The molecule has 1 unspecified atom stereocenters. The van der Waals surface area contributed by atoms with Crippen LogP contribution in [0.15, 0.2) is 30.3 Å². The zero-order valence-electron chi connectivity index (χ0n) is 10.7. The van der Waals surface area contributed by atoms with Gasteiger partial charge in [0.05, 0.1) is 23.2 Å². The smallest absolute Gasteiger partial charge is 0.152 e. The molecule has 20 heavy (non-hydrogen) atoms. The zero-order valence-corrected chi connectivity index (χ0v) is 11.5. The molecule has 2 aromatic rings. The number of anilines is 1. The van der Waals surface area contributed by atoms with Crippen LogP contribution in [0.3, 0.4) is 0 Å². The zero-order chi connectivity index (χ0) is 14.3. The van der Waals surface area contributed by atoms with Gasteiger partial charge in [0, 0.05) is 11.6 Å². The molecule has 1 atom stereocenters. The average Bonchev–Trinajstić information content (AvgIpc) is 2.93. The maximum atomic E-state index is 13.7. The lowest BCUT2D eigenvalue weighted by atomic mass is 10.1. The third kappa shape index (κ3) is 2.29. The molecule has 0 spiro atoms. The SMILES string of the molecule is Nc1cc(-c2ccccc2F)nn1C1CCS(=O)(=O)C1. The summed E-state index contributed by atoms with van der Waals surface area (Å²) in [6, 6.07) is 7.59. The van der Waals surface area contributed by atoms with Crippen LogP contribution >= 0.6 is 0 Å². The second-order valence-corrected chi connectivity index (χ2v) is 7.16. The second-order valence-electron chi connectivity index (χ2n) is 4.94. The molecule has 3 rings (SSSR count). The van der Waals surface area contributed by atoms with Crippen molar-refractivity contribution in [2.75, 3.05) is 17.2 Å². The van der Waals surface area contributed by atoms with Gasteiger partial charge in [-0.15, -0.1) is 0 Å². The van der Waals surface area contributed by atoms with Gasteiger partial charge in [0.15, 0.2) is 9.84 Å². The number of rotatable bonds is 2. The van der Waals surface area contributed by atoms with E-state index in [0.717, 1.165) is 0 Å². The molecule has 0 bridgehead atoms. The van der Waals surface area contributed by atoms with E-state index in [2.05, 4.69) is 5.10 Å². The number of aromatic nitrogens is 2. The van der Waals surface area contributed by atoms with E-state index < -0.39 is 9.84 Å². The number of hydrogen-bond donors (Lipinski definition) is 1. The van der Waals surface area contributed by atoms with Crippen molar-refractivity contribution in [1.29, 1.82) is 0 Å². The molecular weight excluding hydrogens is 281 g/mol. The van der Waals surface area contributed by atoms with Crippen molar-refractivity contribution in [3.05, 3.63) is 36.1 Å². The van der Waals surface area contributed by atoms with Gasteiger partial charge in [-0.2, -0.15) is 5.10 Å². The molecule has 1 aromatic carbocycles. The normalized spacial score (nSPS) is 21.1. The number of nitrogens with two attached hydrogens (primary N) is 1. The van der Waals surface area contributed by atoms with Gasteiger partial charge in [-0.25, -0.2) is 17.5 Å². The number of sulfone groups is 1. The molecule has 0 radical (unpaired) electrons. The van der Waals surface area contributed by atoms with Crippen molar-refractivity contribution in [3.63, 3.8) is 0 Å². The van der Waals surface area contributed by atoms with Crippen LogP contribution in [0.2, 0.25) is 0 Å². The largest absolute Gasteiger partial charge is 0.384 e. The monoisotopic (exact) mass is 295 g/mol. The Kier molecular flexibility index (Phi) is 3.01. The Balaban J connectivity index is 1.98. The molecule has 0 amide bonds. The quantitative estimate of drug-likeness (QED) is 0.913. The van der Waals surface area contributed by atoms with Crippen LogP contribution in [-0.4, -0.2) is 29.7 Å². The first kappa shape index (κ1) is 13.1. The summed E-state index contributed by atoms with van der Waals surface area (Å²) in [7, 11) is -3.01. The van der Waals surface area contributed by atoms with Crippen LogP contribution in [0.1, 0.15) is 12.5 Å². The summed E-state index contributed by atoms with van der Waals surface area (Å²) in [4.78, 5) is 0. The molecule has 1 fully saturated rings. The third-order valence-corrected chi connectivity index (χ3v) is 5.22. The first-order valence-corrected chi connectivity index (χ1v) is 8.09. The van der Waals surface area contributed by atoms with E-state index in [9.17, 15) is 12.8 Å².